The molecule has 1 heterocycles. The molecule has 0 spiro atoms. The van der Waals surface area contributed by atoms with Crippen LogP contribution in [-0.4, -0.2) is 20.2 Å². The van der Waals surface area contributed by atoms with Gasteiger partial charge in [-0.2, -0.15) is 5.26 Å². The maximum Gasteiger partial charge on any atom is 0.177 e. The molecule has 1 unspecified atom stereocenters. The van der Waals surface area contributed by atoms with Gasteiger partial charge in [0.05, 0.1) is 11.8 Å². The fourth-order valence-corrected chi connectivity index (χ4v) is 1.98. The molecule has 0 radical (unpaired) electrons. The van der Waals surface area contributed by atoms with Crippen molar-refractivity contribution in [3.8, 4) is 6.19 Å². The van der Waals surface area contributed by atoms with E-state index in [9.17, 15) is 8.42 Å². The lowest BCUT2D eigenvalue weighted by Gasteiger charge is -1.99. The summed E-state index contributed by atoms with van der Waals surface area (Å²) in [6, 6.07) is -0.324. The first-order valence-electron chi connectivity index (χ1n) is 2.69. The zero-order valence-corrected chi connectivity index (χ0v) is 5.93. The average molecular weight is 158 g/mol. The van der Waals surface area contributed by atoms with Gasteiger partial charge in [0.25, 0.3) is 0 Å². The molecule has 1 atom stereocenters. The summed E-state index contributed by atoms with van der Waals surface area (Å²) < 4.78 is 21.4. The van der Waals surface area contributed by atoms with Gasteiger partial charge in [0, 0.05) is 5.41 Å². The van der Waals surface area contributed by atoms with E-state index in [1.807, 2.05) is 0 Å². The minimum absolute atomic E-state index is 0.000556. The summed E-state index contributed by atoms with van der Waals surface area (Å²) in [6.07, 6.45) is 3.15. The molecule has 0 aliphatic carbocycles. The average Bonchev–Trinajstić information content (AvgIpc) is 2.12. The Balaban J connectivity index is 2.65. The first-order valence-corrected chi connectivity index (χ1v) is 4.41. The van der Waals surface area contributed by atoms with Crippen molar-refractivity contribution in [3.63, 3.8) is 0 Å². The van der Waals surface area contributed by atoms with Gasteiger partial charge < -0.3 is 5.32 Å². The second-order valence-corrected chi connectivity index (χ2v) is 3.95. The van der Waals surface area contributed by atoms with Crippen LogP contribution in [0.5, 0.6) is 0 Å². The molecule has 1 N–H and O–H groups in total. The molecule has 0 amide bonds. The van der Waals surface area contributed by atoms with Gasteiger partial charge in [0.15, 0.2) is 16.0 Å². The van der Waals surface area contributed by atoms with Crippen LogP contribution < -0.4 is 5.32 Å². The van der Waals surface area contributed by atoms with Crippen LogP contribution in [0.2, 0.25) is 0 Å². The fourth-order valence-electron chi connectivity index (χ4n) is 0.749. The monoisotopic (exact) mass is 158 g/mol. The molecule has 1 rings (SSSR count). The number of hydrogen-bond donors (Lipinski definition) is 1. The predicted octanol–water partition coefficient (Wildman–Crippen LogP) is -0.632. The standard InChI is InChI=1S/C5H6N2O2S/c6-4-7-5-1-2-10(8,9)3-5/h1-2,5,7H,3H2. The highest BCUT2D eigenvalue weighted by Crippen LogP contribution is 2.06. The van der Waals surface area contributed by atoms with Gasteiger partial charge in [-0.05, 0) is 6.08 Å². The van der Waals surface area contributed by atoms with E-state index in [1.165, 1.54) is 6.08 Å². The fraction of sp³-hybridized carbons (Fsp3) is 0.400. The number of nitrogens with one attached hydrogen (secondary N) is 1. The summed E-state index contributed by atoms with van der Waals surface area (Å²) in [5, 5.41) is 11.6. The van der Waals surface area contributed by atoms with E-state index in [0.717, 1.165) is 5.41 Å². The molecule has 0 aromatic carbocycles. The Morgan fingerprint density at radius 1 is 1.70 bits per heavy atom. The van der Waals surface area contributed by atoms with Gasteiger partial charge in [-0.25, -0.2) is 8.42 Å². The Bertz CT molecular complexity index is 285. The molecule has 4 nitrogen and oxygen atoms in total. The Hall–Kier alpha value is -1.02. The minimum atomic E-state index is -3.01. The third kappa shape index (κ3) is 1.48. The topological polar surface area (TPSA) is 70.0 Å². The number of hydrogen-bond acceptors (Lipinski definition) is 4. The minimum Gasteiger partial charge on any atom is -0.316 e. The Kier molecular flexibility index (Phi) is 1.64. The molecule has 1 aliphatic heterocycles. The van der Waals surface area contributed by atoms with Crippen molar-refractivity contribution >= 4 is 9.84 Å². The first-order chi connectivity index (χ1) is 4.64. The van der Waals surface area contributed by atoms with E-state index < -0.39 is 9.84 Å². The molecule has 1 aliphatic rings. The lowest BCUT2D eigenvalue weighted by atomic mass is 10.3. The lowest BCUT2D eigenvalue weighted by Crippen LogP contribution is -2.25. The number of nitrogens with zero attached hydrogens (tertiary/aromatic N) is 1. The van der Waals surface area contributed by atoms with Crippen LogP contribution in [0.1, 0.15) is 0 Å². The Morgan fingerprint density at radius 2 is 2.40 bits per heavy atom. The van der Waals surface area contributed by atoms with Gasteiger partial charge in [-0.1, -0.05) is 0 Å². The Morgan fingerprint density at radius 3 is 2.80 bits per heavy atom. The van der Waals surface area contributed by atoms with E-state index >= 15 is 0 Å². The van der Waals surface area contributed by atoms with E-state index in [1.54, 1.807) is 6.19 Å². The van der Waals surface area contributed by atoms with Crippen LogP contribution in [0.25, 0.3) is 0 Å². The maximum atomic E-state index is 10.7. The summed E-state index contributed by atoms with van der Waals surface area (Å²) in [4.78, 5) is 0. The third-order valence-electron chi connectivity index (χ3n) is 1.18. The van der Waals surface area contributed by atoms with Gasteiger partial charge >= 0.3 is 0 Å². The van der Waals surface area contributed by atoms with Crippen molar-refractivity contribution in [2.45, 2.75) is 6.04 Å². The van der Waals surface area contributed by atoms with Crippen molar-refractivity contribution in [2.75, 3.05) is 5.75 Å². The SMILES string of the molecule is N#CNC1C=CS(=O)(=O)C1. The van der Waals surface area contributed by atoms with Crippen LogP contribution in [0.15, 0.2) is 11.5 Å². The summed E-state index contributed by atoms with van der Waals surface area (Å²) >= 11 is 0. The van der Waals surface area contributed by atoms with Crippen LogP contribution in [-0.2, 0) is 9.84 Å². The molecule has 0 aromatic heterocycles. The molecule has 0 saturated heterocycles. The van der Waals surface area contributed by atoms with Crippen molar-refractivity contribution in [2.24, 2.45) is 0 Å². The second-order valence-electron chi connectivity index (χ2n) is 2.02. The van der Waals surface area contributed by atoms with Crippen molar-refractivity contribution < 1.29 is 8.42 Å². The predicted molar refractivity (Wildman–Crippen MR) is 35.5 cm³/mol. The molecule has 0 saturated carbocycles. The normalized spacial score (nSPS) is 27.7. The van der Waals surface area contributed by atoms with Crippen LogP contribution in [0, 0.1) is 11.5 Å². The van der Waals surface area contributed by atoms with Crippen molar-refractivity contribution in [3.05, 3.63) is 11.5 Å². The van der Waals surface area contributed by atoms with Gasteiger partial charge in [-0.3, -0.25) is 0 Å². The number of rotatable bonds is 1. The van der Waals surface area contributed by atoms with E-state index in [0.29, 0.717) is 0 Å². The quantitative estimate of drug-likeness (QED) is 0.407. The second kappa shape index (κ2) is 2.31. The number of nitriles is 1. The molecular weight excluding hydrogens is 152 g/mol. The first kappa shape index (κ1) is 7.09. The number of sulfone groups is 1. The molecular formula is C5H6N2O2S. The highest BCUT2D eigenvalue weighted by atomic mass is 32.2. The molecule has 0 fully saturated rings. The zero-order valence-electron chi connectivity index (χ0n) is 5.11. The van der Waals surface area contributed by atoms with E-state index in [-0.39, 0.29) is 11.8 Å². The highest BCUT2D eigenvalue weighted by Gasteiger charge is 2.20. The zero-order chi connectivity index (χ0) is 7.61. The summed E-state index contributed by atoms with van der Waals surface area (Å²) in [6.45, 7) is 0. The maximum absolute atomic E-state index is 10.7. The lowest BCUT2D eigenvalue weighted by molar-refractivity contribution is 0.602. The smallest absolute Gasteiger partial charge is 0.177 e. The van der Waals surface area contributed by atoms with Gasteiger partial charge in [0.2, 0.25) is 0 Å². The highest BCUT2D eigenvalue weighted by molar-refractivity contribution is 7.94. The summed E-state index contributed by atoms with van der Waals surface area (Å²) in [7, 11) is -3.01. The van der Waals surface area contributed by atoms with Gasteiger partial charge in [-0.15, -0.1) is 0 Å². The molecule has 5 heteroatoms. The van der Waals surface area contributed by atoms with Crippen molar-refractivity contribution in [1.82, 2.24) is 5.32 Å². The molecule has 54 valence electrons. The molecule has 10 heavy (non-hydrogen) atoms. The summed E-state index contributed by atoms with van der Waals surface area (Å²) in [5.74, 6) is 0.000556. The largest absolute Gasteiger partial charge is 0.316 e. The van der Waals surface area contributed by atoms with Crippen LogP contribution in [0.3, 0.4) is 0 Å². The van der Waals surface area contributed by atoms with Crippen LogP contribution in [0.4, 0.5) is 0 Å². The van der Waals surface area contributed by atoms with Crippen molar-refractivity contribution in [1.29, 1.82) is 5.26 Å². The Labute approximate surface area is 59.1 Å². The molecule has 0 aromatic rings. The van der Waals surface area contributed by atoms with Crippen LogP contribution >= 0.6 is 0 Å². The van der Waals surface area contributed by atoms with E-state index in [4.69, 9.17) is 5.26 Å². The third-order valence-corrected chi connectivity index (χ3v) is 2.58. The molecule has 0 bridgehead atoms. The van der Waals surface area contributed by atoms with E-state index in [2.05, 4.69) is 5.32 Å². The summed E-state index contributed by atoms with van der Waals surface area (Å²) in [5.41, 5.74) is 0. The van der Waals surface area contributed by atoms with Gasteiger partial charge in [0.1, 0.15) is 0 Å².